The molecule has 0 atom stereocenters. The average Bonchev–Trinajstić information content (AvgIpc) is 2.25. The molecule has 0 aliphatic carbocycles. The Bertz CT molecular complexity index is 384. The number of Topliss-reactive ketones (excluding diaryl/α,β-unsaturated/α-hetero) is 1. The molecule has 88 valence electrons. The number of pyridine rings is 1. The van der Waals surface area contributed by atoms with Crippen LogP contribution in [0, 0.1) is 0 Å². The van der Waals surface area contributed by atoms with E-state index in [9.17, 15) is 9.90 Å². The fourth-order valence-corrected chi connectivity index (χ4v) is 1.57. The highest BCUT2D eigenvalue weighted by molar-refractivity contribution is 9.10. The summed E-state index contributed by atoms with van der Waals surface area (Å²) >= 11 is 3.22. The highest BCUT2D eigenvalue weighted by atomic mass is 79.9. The minimum absolute atomic E-state index is 0.0426. The Morgan fingerprint density at radius 2 is 2.31 bits per heavy atom. The number of aliphatic hydroxyl groups excluding tert-OH is 1. The van der Waals surface area contributed by atoms with Gasteiger partial charge in [0.25, 0.3) is 0 Å². The summed E-state index contributed by atoms with van der Waals surface area (Å²) < 4.78 is 5.72. The third-order valence-corrected chi connectivity index (χ3v) is 2.37. The highest BCUT2D eigenvalue weighted by Gasteiger charge is 2.14. The maximum atomic E-state index is 11.0. The molecule has 5 nitrogen and oxygen atoms in total. The molecule has 0 aliphatic heterocycles. The maximum absolute atomic E-state index is 11.0. The topological polar surface area (TPSA) is 62.7 Å². The van der Waals surface area contributed by atoms with Crippen molar-refractivity contribution in [3.63, 3.8) is 0 Å². The minimum Gasteiger partial charge on any atom is -0.479 e. The molecule has 0 saturated carbocycles. The van der Waals surface area contributed by atoms with Gasteiger partial charge >= 0.3 is 0 Å². The summed E-state index contributed by atoms with van der Waals surface area (Å²) in [5.41, 5.74) is 0.586. The summed E-state index contributed by atoms with van der Waals surface area (Å²) in [6, 6.07) is 3.45. The van der Waals surface area contributed by atoms with Crippen LogP contribution in [-0.2, 0) is 4.79 Å². The molecule has 0 unspecified atom stereocenters. The van der Waals surface area contributed by atoms with Crippen LogP contribution < -0.4 is 9.64 Å². The lowest BCUT2D eigenvalue weighted by molar-refractivity contribution is -0.115. The fourth-order valence-electron chi connectivity index (χ4n) is 1.28. The van der Waals surface area contributed by atoms with Crippen LogP contribution in [0.4, 0.5) is 5.69 Å². The molecule has 0 fully saturated rings. The number of carbonyl (C=O) groups is 1. The zero-order valence-corrected chi connectivity index (χ0v) is 10.7. The summed E-state index contributed by atoms with van der Waals surface area (Å²) in [7, 11) is 1.49. The molecule has 16 heavy (non-hydrogen) atoms. The molecule has 1 aromatic heterocycles. The zero-order chi connectivity index (χ0) is 12.1. The molecule has 0 spiro atoms. The first-order valence-electron chi connectivity index (χ1n) is 4.64. The number of hydrogen-bond donors (Lipinski definition) is 1. The Balaban J connectivity index is 3.03. The van der Waals surface area contributed by atoms with Crippen molar-refractivity contribution in [1.82, 2.24) is 4.98 Å². The smallest absolute Gasteiger partial charge is 0.238 e. The third kappa shape index (κ3) is 3.18. The lowest BCUT2D eigenvalue weighted by Gasteiger charge is -2.22. The molecule has 1 rings (SSSR count). The summed E-state index contributed by atoms with van der Waals surface area (Å²) in [5, 5.41) is 9.20. The average molecular weight is 289 g/mol. The molecule has 0 aliphatic rings. The standard InChI is InChI=1S/C10H13BrN2O3/c1-7(15)5-13(6-14)8-3-4-9(11)12-10(8)16-2/h3-4,14H,5-6H2,1-2H3. The Morgan fingerprint density at radius 3 is 2.81 bits per heavy atom. The molecule has 6 heteroatoms. The van der Waals surface area contributed by atoms with Crippen LogP contribution in [0.5, 0.6) is 5.88 Å². The number of ketones is 1. The van der Waals surface area contributed by atoms with Crippen molar-refractivity contribution >= 4 is 27.4 Å². The number of ether oxygens (including phenoxy) is 1. The molecule has 0 saturated heterocycles. The SMILES string of the molecule is COc1nc(Br)ccc1N(CO)CC(C)=O. The lowest BCUT2D eigenvalue weighted by atomic mass is 10.3. The first-order chi connectivity index (χ1) is 7.58. The van der Waals surface area contributed by atoms with E-state index in [1.54, 1.807) is 12.1 Å². The van der Waals surface area contributed by atoms with Gasteiger partial charge in [-0.15, -0.1) is 0 Å². The van der Waals surface area contributed by atoms with Gasteiger partial charge in [0.15, 0.2) is 0 Å². The van der Waals surface area contributed by atoms with Gasteiger partial charge in [0.2, 0.25) is 5.88 Å². The number of aliphatic hydroxyl groups is 1. The predicted octanol–water partition coefficient (Wildman–Crippen LogP) is 1.20. The first kappa shape index (κ1) is 12.9. The van der Waals surface area contributed by atoms with Crippen molar-refractivity contribution in [2.45, 2.75) is 6.92 Å². The van der Waals surface area contributed by atoms with Crippen molar-refractivity contribution < 1.29 is 14.6 Å². The number of rotatable bonds is 5. The van der Waals surface area contributed by atoms with Gasteiger partial charge in [0, 0.05) is 0 Å². The molecule has 0 bridgehead atoms. The molecule has 1 heterocycles. The van der Waals surface area contributed by atoms with Gasteiger partial charge < -0.3 is 14.7 Å². The molecule has 0 aromatic carbocycles. The van der Waals surface area contributed by atoms with Gasteiger partial charge in [0.1, 0.15) is 22.8 Å². The van der Waals surface area contributed by atoms with E-state index >= 15 is 0 Å². The van der Waals surface area contributed by atoms with Crippen molar-refractivity contribution in [2.75, 3.05) is 25.3 Å². The van der Waals surface area contributed by atoms with Crippen molar-refractivity contribution in [2.24, 2.45) is 0 Å². The Labute approximate surface area is 102 Å². The summed E-state index contributed by atoms with van der Waals surface area (Å²) in [5.74, 6) is 0.323. The van der Waals surface area contributed by atoms with Gasteiger partial charge in [-0.2, -0.15) is 0 Å². The molecule has 1 aromatic rings. The van der Waals surface area contributed by atoms with Crippen LogP contribution in [0.15, 0.2) is 16.7 Å². The maximum Gasteiger partial charge on any atom is 0.238 e. The fraction of sp³-hybridized carbons (Fsp3) is 0.400. The summed E-state index contributed by atoms with van der Waals surface area (Å²) in [6.45, 7) is 1.32. The van der Waals surface area contributed by atoms with Crippen molar-refractivity contribution in [1.29, 1.82) is 0 Å². The van der Waals surface area contributed by atoms with E-state index in [4.69, 9.17) is 4.74 Å². The zero-order valence-electron chi connectivity index (χ0n) is 9.11. The van der Waals surface area contributed by atoms with E-state index in [0.29, 0.717) is 16.2 Å². The van der Waals surface area contributed by atoms with Crippen LogP contribution in [0.1, 0.15) is 6.92 Å². The number of aromatic nitrogens is 1. The number of methoxy groups -OCH3 is 1. The third-order valence-electron chi connectivity index (χ3n) is 1.92. The van der Waals surface area contributed by atoms with E-state index in [1.165, 1.54) is 18.9 Å². The van der Waals surface area contributed by atoms with E-state index in [1.807, 2.05) is 0 Å². The first-order valence-corrected chi connectivity index (χ1v) is 5.43. The predicted molar refractivity (Wildman–Crippen MR) is 63.6 cm³/mol. The molecule has 0 radical (unpaired) electrons. The van der Waals surface area contributed by atoms with Gasteiger partial charge in [0.05, 0.1) is 13.7 Å². The van der Waals surface area contributed by atoms with Gasteiger partial charge in [-0.1, -0.05) is 0 Å². The lowest BCUT2D eigenvalue weighted by Crippen LogP contribution is -2.30. The van der Waals surface area contributed by atoms with Gasteiger partial charge in [-0.3, -0.25) is 4.79 Å². The Hall–Kier alpha value is -1.14. The summed E-state index contributed by atoms with van der Waals surface area (Å²) in [4.78, 5) is 16.6. The van der Waals surface area contributed by atoms with Crippen LogP contribution in [0.2, 0.25) is 0 Å². The monoisotopic (exact) mass is 288 g/mol. The Kier molecular flexibility index (Phi) is 4.70. The van der Waals surface area contributed by atoms with Crippen LogP contribution in [0.3, 0.4) is 0 Å². The Morgan fingerprint density at radius 1 is 1.62 bits per heavy atom. The number of halogens is 1. The van der Waals surface area contributed by atoms with Crippen LogP contribution in [-0.4, -0.2) is 36.3 Å². The van der Waals surface area contributed by atoms with Crippen molar-refractivity contribution in [3.8, 4) is 5.88 Å². The number of carbonyl (C=O) groups excluding carboxylic acids is 1. The quantitative estimate of drug-likeness (QED) is 0.652. The number of hydrogen-bond acceptors (Lipinski definition) is 5. The highest BCUT2D eigenvalue weighted by Crippen LogP contribution is 2.27. The van der Waals surface area contributed by atoms with E-state index < -0.39 is 0 Å². The van der Waals surface area contributed by atoms with E-state index in [2.05, 4.69) is 20.9 Å². The van der Waals surface area contributed by atoms with Gasteiger partial charge in [-0.05, 0) is 35.0 Å². The molecular formula is C10H13BrN2O3. The minimum atomic E-state index is -0.265. The largest absolute Gasteiger partial charge is 0.479 e. The molecule has 1 N–H and O–H groups in total. The number of anilines is 1. The number of nitrogens with zero attached hydrogens (tertiary/aromatic N) is 2. The molecule has 0 amide bonds. The van der Waals surface area contributed by atoms with Crippen LogP contribution >= 0.6 is 15.9 Å². The second-order valence-electron chi connectivity index (χ2n) is 3.20. The summed E-state index contributed by atoms with van der Waals surface area (Å²) in [6.07, 6.45) is 0. The second kappa shape index (κ2) is 5.81. The van der Waals surface area contributed by atoms with Crippen molar-refractivity contribution in [3.05, 3.63) is 16.7 Å². The van der Waals surface area contributed by atoms with Gasteiger partial charge in [-0.25, -0.2) is 4.98 Å². The second-order valence-corrected chi connectivity index (χ2v) is 4.02. The molecular weight excluding hydrogens is 276 g/mol. The van der Waals surface area contributed by atoms with E-state index in [-0.39, 0.29) is 19.1 Å². The van der Waals surface area contributed by atoms with E-state index in [0.717, 1.165) is 0 Å². The van der Waals surface area contributed by atoms with Crippen LogP contribution in [0.25, 0.3) is 0 Å². The normalized spacial score (nSPS) is 10.0.